The molecular weight excluding hydrogens is 336 g/mol. The van der Waals surface area contributed by atoms with Crippen LogP contribution in [0.2, 0.25) is 0 Å². The molecule has 0 aliphatic heterocycles. The van der Waals surface area contributed by atoms with E-state index in [2.05, 4.69) is 11.9 Å². The highest BCUT2D eigenvalue weighted by atomic mass is 32.2. The number of aromatic nitrogens is 1. The second kappa shape index (κ2) is 7.27. The zero-order valence-corrected chi connectivity index (χ0v) is 15.9. The van der Waals surface area contributed by atoms with Crippen LogP contribution in [0.25, 0.3) is 0 Å². The first-order valence-electron chi connectivity index (χ1n) is 8.16. The number of nitrogens with one attached hydrogen (secondary N) is 1. The highest BCUT2D eigenvalue weighted by molar-refractivity contribution is 7.91. The number of amides is 1. The number of aryl methyl sites for hydroxylation is 1. The summed E-state index contributed by atoms with van der Waals surface area (Å²) in [7, 11) is -3.76. The number of rotatable bonds is 6. The van der Waals surface area contributed by atoms with Crippen molar-refractivity contribution in [2.24, 2.45) is 0 Å². The molecule has 1 amide bonds. The van der Waals surface area contributed by atoms with E-state index in [0.717, 1.165) is 11.3 Å². The van der Waals surface area contributed by atoms with Crippen molar-refractivity contribution in [3.05, 3.63) is 53.7 Å². The van der Waals surface area contributed by atoms with Crippen LogP contribution in [-0.4, -0.2) is 18.9 Å². The lowest BCUT2D eigenvalue weighted by Crippen LogP contribution is -2.16. The van der Waals surface area contributed by atoms with Crippen molar-refractivity contribution in [1.82, 2.24) is 4.57 Å². The summed E-state index contributed by atoms with van der Waals surface area (Å²) in [5, 5.41) is 2.76. The number of hydrogen-bond acceptors (Lipinski definition) is 3. The maximum Gasteiger partial charge on any atom is 0.225 e. The zero-order chi connectivity index (χ0) is 18.8. The second-order valence-electron chi connectivity index (χ2n) is 6.01. The predicted octanol–water partition coefficient (Wildman–Crippen LogP) is 3.78. The molecule has 1 N–H and O–H groups in total. The average molecular weight is 360 g/mol. The molecule has 0 saturated carbocycles. The standard InChI is InChI=1S/C19H24N2O3S/c1-6-12-21-15(5)14(4)18(19(21)20-17(22)7-2)25(23,24)16-10-8-13(3)9-11-16/h6,8-11H,1,7,12H2,2-5H3,(H,20,22). The fourth-order valence-electron chi connectivity index (χ4n) is 2.70. The van der Waals surface area contributed by atoms with Crippen LogP contribution in [0.15, 0.2) is 46.7 Å². The molecule has 0 spiro atoms. The number of carbonyl (C=O) groups excluding carboxylic acids is 1. The van der Waals surface area contributed by atoms with Gasteiger partial charge in [-0.2, -0.15) is 0 Å². The number of carbonyl (C=O) groups is 1. The monoisotopic (exact) mass is 360 g/mol. The van der Waals surface area contributed by atoms with Gasteiger partial charge in [0.2, 0.25) is 15.7 Å². The molecule has 25 heavy (non-hydrogen) atoms. The van der Waals surface area contributed by atoms with Crippen LogP contribution in [-0.2, 0) is 21.2 Å². The lowest BCUT2D eigenvalue weighted by molar-refractivity contribution is -0.115. The fraction of sp³-hybridized carbons (Fsp3) is 0.316. The van der Waals surface area contributed by atoms with E-state index in [1.807, 2.05) is 13.8 Å². The summed E-state index contributed by atoms with van der Waals surface area (Å²) in [6, 6.07) is 6.71. The van der Waals surface area contributed by atoms with Crippen LogP contribution in [0, 0.1) is 20.8 Å². The van der Waals surface area contributed by atoms with Crippen LogP contribution < -0.4 is 5.32 Å². The van der Waals surface area contributed by atoms with Crippen LogP contribution in [0.5, 0.6) is 0 Å². The summed E-state index contributed by atoms with van der Waals surface area (Å²) in [4.78, 5) is 12.3. The second-order valence-corrected chi connectivity index (χ2v) is 7.89. The minimum Gasteiger partial charge on any atom is -0.327 e. The Balaban J connectivity index is 2.74. The summed E-state index contributed by atoms with van der Waals surface area (Å²) < 4.78 is 28.2. The van der Waals surface area contributed by atoms with Crippen LogP contribution in [0.4, 0.5) is 5.82 Å². The Kier molecular flexibility index (Phi) is 5.52. The van der Waals surface area contributed by atoms with E-state index in [-0.39, 0.29) is 22.1 Å². The lowest BCUT2D eigenvalue weighted by atomic mass is 10.2. The fourth-order valence-corrected chi connectivity index (χ4v) is 4.40. The van der Waals surface area contributed by atoms with E-state index in [1.54, 1.807) is 48.8 Å². The first-order valence-corrected chi connectivity index (χ1v) is 9.64. The van der Waals surface area contributed by atoms with E-state index in [9.17, 15) is 13.2 Å². The van der Waals surface area contributed by atoms with Gasteiger partial charge in [0, 0.05) is 18.7 Å². The molecule has 0 saturated heterocycles. The normalized spacial score (nSPS) is 11.4. The van der Waals surface area contributed by atoms with Gasteiger partial charge < -0.3 is 9.88 Å². The molecule has 2 rings (SSSR count). The molecule has 5 nitrogen and oxygen atoms in total. The van der Waals surface area contributed by atoms with Crippen LogP contribution in [0.1, 0.15) is 30.2 Å². The smallest absolute Gasteiger partial charge is 0.225 e. The van der Waals surface area contributed by atoms with E-state index < -0.39 is 9.84 Å². The van der Waals surface area contributed by atoms with Crippen LogP contribution >= 0.6 is 0 Å². The quantitative estimate of drug-likeness (QED) is 0.797. The summed E-state index contributed by atoms with van der Waals surface area (Å²) in [6.45, 7) is 11.4. The molecule has 1 aromatic heterocycles. The van der Waals surface area contributed by atoms with Gasteiger partial charge in [-0.15, -0.1) is 6.58 Å². The van der Waals surface area contributed by atoms with Crippen molar-refractivity contribution in [3.63, 3.8) is 0 Å². The Bertz CT molecular complexity index is 907. The molecule has 134 valence electrons. The highest BCUT2D eigenvalue weighted by Crippen LogP contribution is 2.35. The van der Waals surface area contributed by atoms with Gasteiger partial charge in [-0.25, -0.2) is 8.42 Å². The van der Waals surface area contributed by atoms with E-state index in [0.29, 0.717) is 17.9 Å². The van der Waals surface area contributed by atoms with E-state index >= 15 is 0 Å². The molecular formula is C19H24N2O3S. The summed E-state index contributed by atoms with van der Waals surface area (Å²) in [5.74, 6) is 0.0745. The Morgan fingerprint density at radius 3 is 2.32 bits per heavy atom. The number of anilines is 1. The third kappa shape index (κ3) is 3.54. The van der Waals surface area contributed by atoms with Crippen molar-refractivity contribution in [1.29, 1.82) is 0 Å². The maximum atomic E-state index is 13.2. The van der Waals surface area contributed by atoms with Crippen molar-refractivity contribution in [2.75, 3.05) is 5.32 Å². The summed E-state index contributed by atoms with van der Waals surface area (Å²) in [6.07, 6.45) is 1.94. The molecule has 0 radical (unpaired) electrons. The van der Waals surface area contributed by atoms with Crippen molar-refractivity contribution in [2.45, 2.75) is 50.5 Å². The van der Waals surface area contributed by atoms with Gasteiger partial charge in [0.15, 0.2) is 0 Å². The molecule has 0 aliphatic rings. The van der Waals surface area contributed by atoms with Crippen molar-refractivity contribution < 1.29 is 13.2 Å². The molecule has 2 aromatic rings. The number of benzene rings is 1. The van der Waals surface area contributed by atoms with Gasteiger partial charge >= 0.3 is 0 Å². The Hall–Kier alpha value is -2.34. The lowest BCUT2D eigenvalue weighted by Gasteiger charge is -2.12. The first-order chi connectivity index (χ1) is 11.7. The first kappa shape index (κ1) is 19.0. The third-order valence-corrected chi connectivity index (χ3v) is 6.19. The molecule has 0 aliphatic carbocycles. The largest absolute Gasteiger partial charge is 0.327 e. The van der Waals surface area contributed by atoms with Crippen LogP contribution in [0.3, 0.4) is 0 Å². The average Bonchev–Trinajstić information content (AvgIpc) is 2.80. The Morgan fingerprint density at radius 1 is 1.20 bits per heavy atom. The number of hydrogen-bond donors (Lipinski definition) is 1. The number of nitrogens with zero attached hydrogens (tertiary/aromatic N) is 1. The third-order valence-electron chi connectivity index (χ3n) is 4.26. The number of sulfone groups is 1. The van der Waals surface area contributed by atoms with E-state index in [4.69, 9.17) is 0 Å². The predicted molar refractivity (Wildman–Crippen MR) is 99.7 cm³/mol. The molecule has 1 heterocycles. The molecule has 0 unspecified atom stereocenters. The van der Waals surface area contributed by atoms with Gasteiger partial charge in [0.1, 0.15) is 10.7 Å². The topological polar surface area (TPSA) is 68.2 Å². The minimum atomic E-state index is -3.76. The Morgan fingerprint density at radius 2 is 1.80 bits per heavy atom. The van der Waals surface area contributed by atoms with Gasteiger partial charge in [-0.1, -0.05) is 30.7 Å². The molecule has 1 aromatic carbocycles. The summed E-state index contributed by atoms with van der Waals surface area (Å²) >= 11 is 0. The van der Waals surface area contributed by atoms with E-state index in [1.165, 1.54) is 0 Å². The zero-order valence-electron chi connectivity index (χ0n) is 15.1. The van der Waals surface area contributed by atoms with Crippen molar-refractivity contribution >= 4 is 21.6 Å². The maximum absolute atomic E-state index is 13.2. The highest BCUT2D eigenvalue weighted by Gasteiger charge is 2.30. The Labute approximate surface area is 149 Å². The van der Waals surface area contributed by atoms with Gasteiger partial charge in [-0.05, 0) is 38.5 Å². The molecule has 6 heteroatoms. The molecule has 0 fully saturated rings. The van der Waals surface area contributed by atoms with Gasteiger partial charge in [-0.3, -0.25) is 4.79 Å². The van der Waals surface area contributed by atoms with Crippen molar-refractivity contribution in [3.8, 4) is 0 Å². The minimum absolute atomic E-state index is 0.150. The summed E-state index contributed by atoms with van der Waals surface area (Å²) in [5.41, 5.74) is 2.40. The SMILES string of the molecule is C=CCn1c(C)c(C)c(S(=O)(=O)c2ccc(C)cc2)c1NC(=O)CC. The van der Waals surface area contributed by atoms with Gasteiger partial charge in [0.05, 0.1) is 4.90 Å². The molecule has 0 atom stereocenters. The van der Waals surface area contributed by atoms with Gasteiger partial charge in [0.25, 0.3) is 0 Å². The number of allylic oxidation sites excluding steroid dienone is 1. The molecule has 0 bridgehead atoms.